The van der Waals surface area contributed by atoms with E-state index in [1.807, 2.05) is 6.92 Å². The van der Waals surface area contributed by atoms with Gasteiger partial charge >= 0.3 is 11.9 Å². The van der Waals surface area contributed by atoms with Crippen molar-refractivity contribution in [1.82, 2.24) is 0 Å². The van der Waals surface area contributed by atoms with Crippen LogP contribution in [0, 0.1) is 5.92 Å². The molecule has 0 bridgehead atoms. The zero-order chi connectivity index (χ0) is 34.9. The summed E-state index contributed by atoms with van der Waals surface area (Å²) in [6, 6.07) is 42.7. The Hall–Kier alpha value is -6.26. The molecule has 246 valence electrons. The third-order valence-electron chi connectivity index (χ3n) is 10.9. The van der Waals surface area contributed by atoms with Gasteiger partial charge in [0.15, 0.2) is 5.92 Å². The topological polar surface area (TPSA) is 52.6 Å². The van der Waals surface area contributed by atoms with Crippen molar-refractivity contribution >= 4 is 87.3 Å². The van der Waals surface area contributed by atoms with E-state index in [4.69, 9.17) is 9.47 Å². The largest absolute Gasteiger partial charge is 0.461 e. The highest BCUT2D eigenvalue weighted by molar-refractivity contribution is 6.33. The molecule has 1 unspecified atom stereocenters. The van der Waals surface area contributed by atoms with Gasteiger partial charge in [-0.15, -0.1) is 0 Å². The maximum atomic E-state index is 14.3. The Morgan fingerprint density at radius 3 is 1.43 bits per heavy atom. The van der Waals surface area contributed by atoms with Gasteiger partial charge in [-0.25, -0.2) is 0 Å². The zero-order valence-electron chi connectivity index (χ0n) is 28.2. The third kappa shape index (κ3) is 4.53. The zero-order valence-corrected chi connectivity index (χ0v) is 28.2. The van der Waals surface area contributed by atoms with Crippen LogP contribution in [-0.2, 0) is 24.5 Å². The number of benzene rings is 9. The molecule has 1 atom stereocenters. The average Bonchev–Trinajstić information content (AvgIpc) is 3.16. The fourth-order valence-corrected chi connectivity index (χ4v) is 8.52. The van der Waals surface area contributed by atoms with Crippen molar-refractivity contribution < 1.29 is 19.1 Å². The number of carbonyl (C=O) groups is 2. The predicted octanol–water partition coefficient (Wildman–Crippen LogP) is 11.0. The number of rotatable bonds is 9. The van der Waals surface area contributed by atoms with Crippen LogP contribution in [0.1, 0.15) is 18.1 Å². The van der Waals surface area contributed by atoms with Gasteiger partial charge in [-0.2, -0.15) is 0 Å². The third-order valence-corrected chi connectivity index (χ3v) is 10.9. The summed E-state index contributed by atoms with van der Waals surface area (Å²) < 4.78 is 11.4. The average molecular weight is 663 g/mol. The highest BCUT2D eigenvalue weighted by Gasteiger charge is 2.49. The molecule has 0 spiro atoms. The fraction of sp³-hybridized carbons (Fsp3) is 0.106. The van der Waals surface area contributed by atoms with Crippen molar-refractivity contribution in [3.8, 4) is 0 Å². The Morgan fingerprint density at radius 1 is 0.529 bits per heavy atom. The predicted molar refractivity (Wildman–Crippen MR) is 210 cm³/mol. The molecule has 0 saturated heterocycles. The van der Waals surface area contributed by atoms with Gasteiger partial charge in [-0.3, -0.25) is 9.59 Å². The SMILES string of the molecule is C=CCOC(=O)C(C(=O)OCC=C)C(C)(c1cc2ccc3cccc4ccc(c1)c2c34)c1cc2cccc3c4cccc5cccc(c(c1)c23)c54. The highest BCUT2D eigenvalue weighted by atomic mass is 16.6. The monoisotopic (exact) mass is 662 g/mol. The molecule has 0 aliphatic carbocycles. The van der Waals surface area contributed by atoms with Crippen molar-refractivity contribution in [2.75, 3.05) is 13.2 Å². The van der Waals surface area contributed by atoms with Crippen LogP contribution in [0.2, 0.25) is 0 Å². The van der Waals surface area contributed by atoms with Crippen LogP contribution in [0.15, 0.2) is 147 Å². The molecular weight excluding hydrogens is 629 g/mol. The molecule has 9 aromatic rings. The minimum atomic E-state index is -1.34. The molecule has 4 heteroatoms. The number of carbonyl (C=O) groups excluding carboxylic acids is 2. The maximum Gasteiger partial charge on any atom is 0.321 e. The molecule has 0 aliphatic heterocycles. The molecule has 51 heavy (non-hydrogen) atoms. The Kier molecular flexibility index (Phi) is 7.04. The smallest absolute Gasteiger partial charge is 0.321 e. The van der Waals surface area contributed by atoms with E-state index in [1.165, 1.54) is 39.1 Å². The second kappa shape index (κ2) is 11.7. The molecule has 0 saturated carbocycles. The first kappa shape index (κ1) is 30.8. The first-order chi connectivity index (χ1) is 24.9. The minimum absolute atomic E-state index is 0.0360. The van der Waals surface area contributed by atoms with Gasteiger partial charge in [0.1, 0.15) is 13.2 Å². The second-order valence-corrected chi connectivity index (χ2v) is 13.6. The van der Waals surface area contributed by atoms with Crippen molar-refractivity contribution in [2.24, 2.45) is 5.92 Å². The molecule has 0 N–H and O–H groups in total. The summed E-state index contributed by atoms with van der Waals surface area (Å²) in [5.74, 6) is -2.69. The molecule has 0 heterocycles. The van der Waals surface area contributed by atoms with Crippen LogP contribution in [0.3, 0.4) is 0 Å². The van der Waals surface area contributed by atoms with E-state index in [-0.39, 0.29) is 13.2 Å². The van der Waals surface area contributed by atoms with Crippen LogP contribution in [-0.4, -0.2) is 25.2 Å². The molecule has 4 nitrogen and oxygen atoms in total. The Labute approximate surface area is 294 Å². The lowest BCUT2D eigenvalue weighted by Crippen LogP contribution is -2.45. The van der Waals surface area contributed by atoms with Crippen molar-refractivity contribution in [2.45, 2.75) is 12.3 Å². The highest BCUT2D eigenvalue weighted by Crippen LogP contribution is 2.48. The Balaban J connectivity index is 1.40. The molecule has 9 rings (SSSR count). The van der Waals surface area contributed by atoms with E-state index in [0.717, 1.165) is 59.6 Å². The Morgan fingerprint density at radius 2 is 0.902 bits per heavy atom. The van der Waals surface area contributed by atoms with E-state index >= 15 is 0 Å². The minimum Gasteiger partial charge on any atom is -0.461 e. The Bertz CT molecular complexity index is 2770. The molecule has 9 aromatic carbocycles. The van der Waals surface area contributed by atoms with Gasteiger partial charge in [0.2, 0.25) is 0 Å². The number of hydrogen-bond acceptors (Lipinski definition) is 4. The standard InChI is InChI=1S/C47H34O4/c1-4-22-50-45(48)44(46(49)51-23-5-2)47(3,34-25-32-20-18-29-10-6-11-30-19-21-33(26-34)41(32)40(29)30)35-24-31-14-9-16-37-36-15-7-12-28-13-8-17-38(42(28)36)39(27-35)43(31)37/h4-21,24-27,44H,1-2,22-23H2,3H3. The van der Waals surface area contributed by atoms with Crippen molar-refractivity contribution in [3.63, 3.8) is 0 Å². The van der Waals surface area contributed by atoms with E-state index in [9.17, 15) is 9.59 Å². The van der Waals surface area contributed by atoms with Gasteiger partial charge in [0.05, 0.1) is 0 Å². The molecule has 0 aromatic heterocycles. The van der Waals surface area contributed by atoms with Crippen molar-refractivity contribution in [3.05, 3.63) is 158 Å². The lowest BCUT2D eigenvalue weighted by Gasteiger charge is -2.37. The van der Waals surface area contributed by atoms with Crippen LogP contribution >= 0.6 is 0 Å². The van der Waals surface area contributed by atoms with Crippen LogP contribution in [0.4, 0.5) is 0 Å². The molecule has 0 radical (unpaired) electrons. The summed E-state index contributed by atoms with van der Waals surface area (Å²) in [5.41, 5.74) is 0.385. The number of ether oxygens (including phenoxy) is 2. The van der Waals surface area contributed by atoms with Crippen molar-refractivity contribution in [1.29, 1.82) is 0 Å². The van der Waals surface area contributed by atoms with Crippen LogP contribution in [0.25, 0.3) is 75.4 Å². The van der Waals surface area contributed by atoms with Gasteiger partial charge in [-0.1, -0.05) is 141 Å². The quantitative estimate of drug-likeness (QED) is 0.0507. The summed E-state index contributed by atoms with van der Waals surface area (Å²) in [5, 5.41) is 15.8. The summed E-state index contributed by atoms with van der Waals surface area (Å²) in [4.78, 5) is 28.6. The summed E-state index contributed by atoms with van der Waals surface area (Å²) in [7, 11) is 0. The lowest BCUT2D eigenvalue weighted by molar-refractivity contribution is -0.163. The summed E-state index contributed by atoms with van der Waals surface area (Å²) >= 11 is 0. The van der Waals surface area contributed by atoms with Gasteiger partial charge < -0.3 is 9.47 Å². The maximum absolute atomic E-state index is 14.3. The fourth-order valence-electron chi connectivity index (χ4n) is 8.52. The summed E-state index contributed by atoms with van der Waals surface area (Å²) in [6.45, 7) is 9.40. The molecule has 0 amide bonds. The van der Waals surface area contributed by atoms with Gasteiger partial charge in [0.25, 0.3) is 0 Å². The van der Waals surface area contributed by atoms with E-state index in [0.29, 0.717) is 0 Å². The molecule has 0 aliphatic rings. The van der Waals surface area contributed by atoms with Crippen LogP contribution in [0.5, 0.6) is 0 Å². The number of esters is 2. The first-order valence-corrected chi connectivity index (χ1v) is 17.2. The van der Waals surface area contributed by atoms with Gasteiger partial charge in [-0.05, 0) is 99.5 Å². The molecular formula is C47H34O4. The number of fused-ring (bicyclic) bond motifs is 2. The summed E-state index contributed by atoms with van der Waals surface area (Å²) in [6.07, 6.45) is 3.02. The molecule has 0 fully saturated rings. The van der Waals surface area contributed by atoms with E-state index < -0.39 is 23.3 Å². The second-order valence-electron chi connectivity index (χ2n) is 13.6. The first-order valence-electron chi connectivity index (χ1n) is 17.2. The number of hydrogen-bond donors (Lipinski definition) is 0. The van der Waals surface area contributed by atoms with Gasteiger partial charge in [0, 0.05) is 5.41 Å². The lowest BCUT2D eigenvalue weighted by atomic mass is 9.65. The normalized spacial score (nSPS) is 13.2. The van der Waals surface area contributed by atoms with E-state index in [1.54, 1.807) is 0 Å². The van der Waals surface area contributed by atoms with Crippen LogP contribution < -0.4 is 0 Å². The van der Waals surface area contributed by atoms with E-state index in [2.05, 4.69) is 134 Å².